The van der Waals surface area contributed by atoms with Crippen LogP contribution in [0.4, 0.5) is 0 Å². The highest BCUT2D eigenvalue weighted by molar-refractivity contribution is 7.86. The molecule has 0 unspecified atom stereocenters. The molecule has 0 aliphatic heterocycles. The fraction of sp³-hybridized carbons (Fsp3) is 0.583. The Morgan fingerprint density at radius 2 is 2.16 bits per heavy atom. The zero-order valence-electron chi connectivity index (χ0n) is 10.6. The van der Waals surface area contributed by atoms with E-state index in [4.69, 9.17) is 21.5 Å². The van der Waals surface area contributed by atoms with Gasteiger partial charge in [-0.05, 0) is 30.9 Å². The van der Waals surface area contributed by atoms with E-state index in [-0.39, 0.29) is 18.1 Å². The molecule has 5 nitrogen and oxygen atoms in total. The molecule has 1 aromatic heterocycles. The Labute approximate surface area is 118 Å². The van der Waals surface area contributed by atoms with Crippen LogP contribution in [0.3, 0.4) is 0 Å². The van der Waals surface area contributed by atoms with Crippen molar-refractivity contribution < 1.29 is 12.6 Å². The molecule has 1 aliphatic carbocycles. The van der Waals surface area contributed by atoms with Crippen LogP contribution in [-0.4, -0.2) is 31.8 Å². The fourth-order valence-electron chi connectivity index (χ4n) is 2.48. The van der Waals surface area contributed by atoms with Crippen LogP contribution in [0.5, 0.6) is 0 Å². The molecular formula is C12H17ClN2O3S. The zero-order chi connectivity index (χ0) is 14.0. The number of rotatable bonds is 3. The molecule has 0 aromatic carbocycles. The summed E-state index contributed by atoms with van der Waals surface area (Å²) in [5.74, 6) is 0.0465. The van der Waals surface area contributed by atoms with Gasteiger partial charge in [0.25, 0.3) is 10.1 Å². The summed E-state index contributed by atoms with van der Waals surface area (Å²) in [4.78, 5) is 4.04. The van der Waals surface area contributed by atoms with Crippen LogP contribution < -0.4 is 5.73 Å². The summed E-state index contributed by atoms with van der Waals surface area (Å²) in [5.41, 5.74) is 7.08. The molecule has 7 heteroatoms. The minimum atomic E-state index is -3.43. The van der Waals surface area contributed by atoms with Crippen molar-refractivity contribution in [3.8, 4) is 0 Å². The molecule has 0 saturated heterocycles. The number of aromatic nitrogens is 1. The van der Waals surface area contributed by atoms with Crippen LogP contribution in [0.1, 0.15) is 30.7 Å². The van der Waals surface area contributed by atoms with Crippen molar-refractivity contribution in [3.63, 3.8) is 0 Å². The van der Waals surface area contributed by atoms with Crippen LogP contribution >= 0.6 is 11.6 Å². The lowest BCUT2D eigenvalue weighted by Gasteiger charge is -2.33. The normalized spacial score (nSPS) is 28.3. The standard InChI is InChI=1S/C12H17ClN2O3S/c1-19(16,17)18-9-3-4-11(14)10(6-9)8-2-5-12(13)15-7-8/h2,5,7,9-11H,3-4,6,14H2,1H3/t9-,10+,11+/m0/s1. The maximum atomic E-state index is 11.2. The molecule has 1 fully saturated rings. The smallest absolute Gasteiger partial charge is 0.264 e. The molecule has 2 N–H and O–H groups in total. The lowest BCUT2D eigenvalue weighted by atomic mass is 9.80. The van der Waals surface area contributed by atoms with Crippen molar-refractivity contribution >= 4 is 21.7 Å². The Hall–Kier alpha value is -0.690. The van der Waals surface area contributed by atoms with E-state index in [0.717, 1.165) is 18.2 Å². The van der Waals surface area contributed by atoms with E-state index < -0.39 is 10.1 Å². The third-order valence-electron chi connectivity index (χ3n) is 3.34. The number of hydrogen-bond donors (Lipinski definition) is 1. The van der Waals surface area contributed by atoms with E-state index in [1.807, 2.05) is 6.07 Å². The van der Waals surface area contributed by atoms with Gasteiger partial charge in [0.15, 0.2) is 0 Å². The zero-order valence-corrected chi connectivity index (χ0v) is 12.2. The second-order valence-corrected chi connectivity index (χ2v) is 6.91. The largest absolute Gasteiger partial charge is 0.327 e. The molecule has 0 bridgehead atoms. The van der Waals surface area contributed by atoms with Crippen molar-refractivity contribution in [2.24, 2.45) is 5.73 Å². The topological polar surface area (TPSA) is 82.3 Å². The number of nitrogens with two attached hydrogens (primary N) is 1. The van der Waals surface area contributed by atoms with Gasteiger partial charge in [-0.3, -0.25) is 4.18 Å². The molecule has 2 rings (SSSR count). The maximum absolute atomic E-state index is 11.2. The Morgan fingerprint density at radius 3 is 2.74 bits per heavy atom. The monoisotopic (exact) mass is 304 g/mol. The van der Waals surface area contributed by atoms with Crippen molar-refractivity contribution in [1.82, 2.24) is 4.98 Å². The van der Waals surface area contributed by atoms with Crippen molar-refractivity contribution in [3.05, 3.63) is 29.0 Å². The second kappa shape index (κ2) is 5.75. The fourth-order valence-corrected chi connectivity index (χ4v) is 3.26. The number of nitrogens with zero attached hydrogens (tertiary/aromatic N) is 1. The maximum Gasteiger partial charge on any atom is 0.264 e. The van der Waals surface area contributed by atoms with Crippen molar-refractivity contribution in [2.45, 2.75) is 37.3 Å². The first-order chi connectivity index (χ1) is 8.85. The van der Waals surface area contributed by atoms with E-state index in [1.54, 1.807) is 12.3 Å². The summed E-state index contributed by atoms with van der Waals surface area (Å²) in [6.07, 6.45) is 4.42. The average Bonchev–Trinajstić information content (AvgIpc) is 2.31. The molecule has 0 radical (unpaired) electrons. The summed E-state index contributed by atoms with van der Waals surface area (Å²) in [7, 11) is -3.43. The summed E-state index contributed by atoms with van der Waals surface area (Å²) < 4.78 is 27.4. The van der Waals surface area contributed by atoms with Gasteiger partial charge in [-0.1, -0.05) is 17.7 Å². The van der Waals surface area contributed by atoms with Gasteiger partial charge in [-0.15, -0.1) is 0 Å². The van der Waals surface area contributed by atoms with Crippen molar-refractivity contribution in [1.29, 1.82) is 0 Å². The molecule has 0 amide bonds. The van der Waals surface area contributed by atoms with Gasteiger partial charge >= 0.3 is 0 Å². The van der Waals surface area contributed by atoms with E-state index in [9.17, 15) is 8.42 Å². The molecule has 1 aromatic rings. The molecule has 1 heterocycles. The second-order valence-electron chi connectivity index (χ2n) is 4.92. The summed E-state index contributed by atoms with van der Waals surface area (Å²) >= 11 is 5.76. The predicted molar refractivity (Wildman–Crippen MR) is 73.5 cm³/mol. The predicted octanol–water partition coefficient (Wildman–Crippen LogP) is 1.67. The number of pyridine rings is 1. The Balaban J connectivity index is 2.12. The Bertz CT molecular complexity index is 532. The van der Waals surface area contributed by atoms with Gasteiger partial charge in [-0.2, -0.15) is 8.42 Å². The number of hydrogen-bond acceptors (Lipinski definition) is 5. The molecule has 3 atom stereocenters. The highest BCUT2D eigenvalue weighted by Gasteiger charge is 2.31. The lowest BCUT2D eigenvalue weighted by molar-refractivity contribution is 0.142. The molecule has 19 heavy (non-hydrogen) atoms. The average molecular weight is 305 g/mol. The summed E-state index contributed by atoms with van der Waals surface area (Å²) in [6, 6.07) is 3.58. The Kier molecular flexibility index (Phi) is 4.45. The van der Waals surface area contributed by atoms with Gasteiger partial charge in [0.05, 0.1) is 12.4 Å². The number of halogens is 1. The molecule has 1 saturated carbocycles. The van der Waals surface area contributed by atoms with E-state index in [0.29, 0.717) is 18.0 Å². The third kappa shape index (κ3) is 4.14. The molecule has 0 spiro atoms. The van der Waals surface area contributed by atoms with Crippen LogP contribution in [0, 0.1) is 0 Å². The minimum absolute atomic E-state index is 0.0117. The highest BCUT2D eigenvalue weighted by atomic mass is 35.5. The van der Waals surface area contributed by atoms with Gasteiger partial charge in [-0.25, -0.2) is 4.98 Å². The first-order valence-electron chi connectivity index (χ1n) is 6.10. The van der Waals surface area contributed by atoms with E-state index >= 15 is 0 Å². The molecule has 1 aliphatic rings. The first kappa shape index (κ1) is 14.7. The van der Waals surface area contributed by atoms with Gasteiger partial charge in [0.2, 0.25) is 0 Å². The first-order valence-corrected chi connectivity index (χ1v) is 8.30. The lowest BCUT2D eigenvalue weighted by Crippen LogP contribution is -2.38. The van der Waals surface area contributed by atoms with Gasteiger partial charge in [0.1, 0.15) is 5.15 Å². The summed E-state index contributed by atoms with van der Waals surface area (Å²) in [6.45, 7) is 0. The quantitative estimate of drug-likeness (QED) is 0.678. The van der Waals surface area contributed by atoms with Crippen LogP contribution in [0.25, 0.3) is 0 Å². The van der Waals surface area contributed by atoms with E-state index in [2.05, 4.69) is 4.98 Å². The van der Waals surface area contributed by atoms with Gasteiger partial charge in [0, 0.05) is 18.2 Å². The summed E-state index contributed by atoms with van der Waals surface area (Å²) in [5, 5.41) is 0.428. The molecular weight excluding hydrogens is 288 g/mol. The van der Waals surface area contributed by atoms with E-state index in [1.165, 1.54) is 0 Å². The molecule has 106 valence electrons. The SMILES string of the molecule is CS(=O)(=O)O[C@H]1CC[C@@H](N)[C@@H](c2ccc(Cl)nc2)C1. The van der Waals surface area contributed by atoms with Crippen LogP contribution in [-0.2, 0) is 14.3 Å². The highest BCUT2D eigenvalue weighted by Crippen LogP contribution is 2.34. The van der Waals surface area contributed by atoms with Crippen LogP contribution in [0.2, 0.25) is 5.15 Å². The van der Waals surface area contributed by atoms with Gasteiger partial charge < -0.3 is 5.73 Å². The Morgan fingerprint density at radius 1 is 1.42 bits per heavy atom. The van der Waals surface area contributed by atoms with Crippen molar-refractivity contribution in [2.75, 3.05) is 6.26 Å². The van der Waals surface area contributed by atoms with Crippen LogP contribution in [0.15, 0.2) is 18.3 Å². The minimum Gasteiger partial charge on any atom is -0.327 e. The third-order valence-corrected chi connectivity index (χ3v) is 4.19.